The van der Waals surface area contributed by atoms with Gasteiger partial charge in [-0.15, -0.1) is 0 Å². The molecule has 0 aliphatic carbocycles. The largest absolute Gasteiger partial charge is 0.491 e. The zero-order chi connectivity index (χ0) is 18.4. The lowest BCUT2D eigenvalue weighted by Gasteiger charge is -2.15. The van der Waals surface area contributed by atoms with Crippen LogP contribution in [0.5, 0.6) is 5.75 Å². The first kappa shape index (κ1) is 19.4. The molecule has 1 N–H and O–H groups in total. The average molecular weight is 361 g/mol. The number of aliphatic hydroxyl groups excluding tert-OH is 1. The average Bonchev–Trinajstić information content (AvgIpc) is 2.93. The Bertz CT molecular complexity index is 747. The second kappa shape index (κ2) is 8.47. The van der Waals surface area contributed by atoms with Gasteiger partial charge in [-0.3, -0.25) is 0 Å². The molecule has 1 aromatic carbocycles. The summed E-state index contributed by atoms with van der Waals surface area (Å²) in [6.45, 7) is 16.2. The molecule has 0 fully saturated rings. The maximum absolute atomic E-state index is 8.92. The van der Waals surface area contributed by atoms with E-state index in [1.165, 1.54) is 0 Å². The van der Waals surface area contributed by atoms with Crippen molar-refractivity contribution >= 4 is 24.5 Å². The van der Waals surface area contributed by atoms with Crippen molar-refractivity contribution in [3.05, 3.63) is 43.1 Å². The summed E-state index contributed by atoms with van der Waals surface area (Å²) < 4.78 is 13.2. The third-order valence-electron chi connectivity index (χ3n) is 3.84. The van der Waals surface area contributed by atoms with Crippen LogP contribution in [-0.4, -0.2) is 42.8 Å². The van der Waals surface area contributed by atoms with Crippen molar-refractivity contribution in [1.29, 1.82) is 0 Å². The number of fused-ring (bicyclic) bond motifs is 1. The van der Waals surface area contributed by atoms with Gasteiger partial charge in [-0.1, -0.05) is 38.9 Å². The molecular formula is C19H28N2O3Si. The van der Waals surface area contributed by atoms with E-state index in [1.54, 1.807) is 6.08 Å². The summed E-state index contributed by atoms with van der Waals surface area (Å²) in [4.78, 5) is 0. The van der Waals surface area contributed by atoms with E-state index in [4.69, 9.17) is 14.6 Å². The van der Waals surface area contributed by atoms with Crippen molar-refractivity contribution in [1.82, 2.24) is 9.78 Å². The summed E-state index contributed by atoms with van der Waals surface area (Å²) in [7, 11) is -1.11. The minimum atomic E-state index is -1.11. The van der Waals surface area contributed by atoms with Crippen LogP contribution in [0.25, 0.3) is 16.5 Å². The van der Waals surface area contributed by atoms with Crippen LogP contribution in [0, 0.1) is 0 Å². The van der Waals surface area contributed by atoms with Crippen LogP contribution in [0.3, 0.4) is 0 Å². The fourth-order valence-electron chi connectivity index (χ4n) is 2.37. The highest BCUT2D eigenvalue weighted by Crippen LogP contribution is 2.28. The lowest BCUT2D eigenvalue weighted by molar-refractivity contribution is 0.0816. The van der Waals surface area contributed by atoms with Crippen LogP contribution < -0.4 is 4.74 Å². The fraction of sp³-hybridized carbons (Fsp3) is 0.421. The van der Waals surface area contributed by atoms with Crippen LogP contribution in [0.2, 0.25) is 25.7 Å². The number of nitrogens with zero attached hydrogens (tertiary/aromatic N) is 2. The second-order valence-electron chi connectivity index (χ2n) is 7.18. The van der Waals surface area contributed by atoms with Crippen molar-refractivity contribution in [2.75, 3.05) is 19.8 Å². The molecule has 0 radical (unpaired) electrons. The molecule has 1 heterocycles. The van der Waals surface area contributed by atoms with E-state index in [-0.39, 0.29) is 13.2 Å². The molecule has 1 aromatic heterocycles. The van der Waals surface area contributed by atoms with E-state index >= 15 is 0 Å². The highest BCUT2D eigenvalue weighted by atomic mass is 28.3. The van der Waals surface area contributed by atoms with Crippen LogP contribution >= 0.6 is 0 Å². The molecule has 0 atom stereocenters. The number of rotatable bonds is 10. The van der Waals surface area contributed by atoms with Gasteiger partial charge in [0.15, 0.2) is 0 Å². The normalized spacial score (nSPS) is 11.7. The van der Waals surface area contributed by atoms with Gasteiger partial charge in [-0.25, -0.2) is 4.68 Å². The van der Waals surface area contributed by atoms with Gasteiger partial charge < -0.3 is 14.6 Å². The van der Waals surface area contributed by atoms with Crippen LogP contribution in [-0.2, 0) is 11.5 Å². The summed E-state index contributed by atoms with van der Waals surface area (Å²) in [5.41, 5.74) is 2.49. The fourth-order valence-corrected chi connectivity index (χ4v) is 3.13. The van der Waals surface area contributed by atoms with Gasteiger partial charge >= 0.3 is 0 Å². The molecule has 0 spiro atoms. The lowest BCUT2D eigenvalue weighted by atomic mass is 10.1. The highest BCUT2D eigenvalue weighted by Gasteiger charge is 2.15. The minimum Gasteiger partial charge on any atom is -0.491 e. The summed E-state index contributed by atoms with van der Waals surface area (Å²) in [6, 6.07) is 6.87. The Morgan fingerprint density at radius 2 is 2.08 bits per heavy atom. The van der Waals surface area contributed by atoms with Crippen LogP contribution in [0.1, 0.15) is 5.69 Å². The Hall–Kier alpha value is -1.89. The Labute approximate surface area is 150 Å². The number of hydrogen-bond donors (Lipinski definition) is 1. The molecule has 136 valence electrons. The Balaban J connectivity index is 2.24. The number of aliphatic hydroxyl groups is 1. The molecule has 5 nitrogen and oxygen atoms in total. The van der Waals surface area contributed by atoms with Gasteiger partial charge in [0.05, 0.1) is 17.8 Å². The van der Waals surface area contributed by atoms with Crippen molar-refractivity contribution in [3.63, 3.8) is 0 Å². The minimum absolute atomic E-state index is 0.0194. The van der Waals surface area contributed by atoms with Gasteiger partial charge in [-0.05, 0) is 29.8 Å². The Kier molecular flexibility index (Phi) is 6.58. The monoisotopic (exact) mass is 360 g/mol. The first-order valence-corrected chi connectivity index (χ1v) is 12.2. The summed E-state index contributed by atoms with van der Waals surface area (Å²) >= 11 is 0. The number of ether oxygens (including phenoxy) is 2. The van der Waals surface area contributed by atoms with Crippen molar-refractivity contribution in [2.24, 2.45) is 0 Å². The number of hydrogen-bond acceptors (Lipinski definition) is 4. The quantitative estimate of drug-likeness (QED) is 0.396. The lowest BCUT2D eigenvalue weighted by Crippen LogP contribution is -2.22. The Morgan fingerprint density at radius 1 is 1.32 bits per heavy atom. The molecule has 0 amide bonds. The number of allylic oxidation sites excluding steroid dienone is 2. The standard InChI is InChI=1S/C19H28N2O3Si/c1-6-15(2)19-17-13-16(24-10-9-22)7-8-18(17)21(20-19)14-23-11-12-25(3,4)5/h6-8,13,22H,1-2,9-12,14H2,3-5H3. The van der Waals surface area contributed by atoms with E-state index in [1.807, 2.05) is 22.9 Å². The molecule has 0 bridgehead atoms. The van der Waals surface area contributed by atoms with Gasteiger partial charge in [0.25, 0.3) is 0 Å². The molecule has 2 rings (SSSR count). The van der Waals surface area contributed by atoms with Crippen molar-refractivity contribution in [3.8, 4) is 5.75 Å². The number of benzene rings is 1. The Morgan fingerprint density at radius 3 is 2.72 bits per heavy atom. The maximum atomic E-state index is 8.92. The third-order valence-corrected chi connectivity index (χ3v) is 5.55. The van der Waals surface area contributed by atoms with E-state index in [2.05, 4.69) is 37.9 Å². The van der Waals surface area contributed by atoms with E-state index in [0.717, 1.165) is 34.8 Å². The SMILES string of the molecule is C=CC(=C)c1nn(COCC[Si](C)(C)C)c2ccc(OCCO)cc12. The molecular weight excluding hydrogens is 332 g/mol. The topological polar surface area (TPSA) is 56.5 Å². The predicted octanol–water partition coefficient (Wildman–Crippen LogP) is 3.92. The van der Waals surface area contributed by atoms with E-state index < -0.39 is 8.07 Å². The van der Waals surface area contributed by atoms with E-state index in [0.29, 0.717) is 12.5 Å². The summed E-state index contributed by atoms with van der Waals surface area (Å²) in [5, 5.41) is 14.5. The summed E-state index contributed by atoms with van der Waals surface area (Å²) in [6.07, 6.45) is 1.69. The van der Waals surface area contributed by atoms with Gasteiger partial charge in [0.2, 0.25) is 0 Å². The maximum Gasteiger partial charge on any atom is 0.140 e. The molecule has 0 unspecified atom stereocenters. The zero-order valence-corrected chi connectivity index (χ0v) is 16.4. The molecule has 0 aliphatic heterocycles. The second-order valence-corrected chi connectivity index (χ2v) is 12.8. The third kappa shape index (κ3) is 5.29. The van der Waals surface area contributed by atoms with Gasteiger partial charge in [0, 0.05) is 20.1 Å². The van der Waals surface area contributed by atoms with Gasteiger partial charge in [0.1, 0.15) is 19.1 Å². The number of aromatic nitrogens is 2. The molecule has 0 saturated heterocycles. The van der Waals surface area contributed by atoms with Crippen molar-refractivity contribution < 1.29 is 14.6 Å². The van der Waals surface area contributed by atoms with E-state index in [9.17, 15) is 0 Å². The first-order valence-electron chi connectivity index (χ1n) is 8.49. The smallest absolute Gasteiger partial charge is 0.140 e. The first-order chi connectivity index (χ1) is 11.9. The highest BCUT2D eigenvalue weighted by molar-refractivity contribution is 6.76. The molecule has 25 heavy (non-hydrogen) atoms. The van der Waals surface area contributed by atoms with Crippen LogP contribution in [0.15, 0.2) is 37.4 Å². The van der Waals surface area contributed by atoms with Crippen LogP contribution in [0.4, 0.5) is 0 Å². The predicted molar refractivity (Wildman–Crippen MR) is 106 cm³/mol. The molecule has 2 aromatic rings. The van der Waals surface area contributed by atoms with Crippen molar-refractivity contribution in [2.45, 2.75) is 32.4 Å². The molecule has 0 saturated carbocycles. The molecule has 6 heteroatoms. The zero-order valence-electron chi connectivity index (χ0n) is 15.4. The molecule has 0 aliphatic rings. The van der Waals surface area contributed by atoms with Gasteiger partial charge in [-0.2, -0.15) is 5.10 Å². The summed E-state index contributed by atoms with van der Waals surface area (Å²) in [5.74, 6) is 0.693.